The van der Waals surface area contributed by atoms with Crippen molar-refractivity contribution < 1.29 is 19.1 Å². The highest BCUT2D eigenvalue weighted by molar-refractivity contribution is 6.30. The Balaban J connectivity index is 1.27. The minimum Gasteiger partial charge on any atom is -0.454 e. The molecule has 2 aromatic carbocycles. The maximum Gasteiger partial charge on any atom is 0.231 e. The third-order valence-electron chi connectivity index (χ3n) is 4.48. The fraction of sp³-hybridized carbons (Fsp3) is 0.263. The van der Waals surface area contributed by atoms with Crippen LogP contribution in [0.1, 0.15) is 12.0 Å². The lowest BCUT2D eigenvalue weighted by Gasteiger charge is -2.07. The number of hydrogen-bond donors (Lipinski definition) is 2. The van der Waals surface area contributed by atoms with E-state index in [2.05, 4.69) is 10.6 Å². The van der Waals surface area contributed by atoms with Crippen LogP contribution in [-0.2, 0) is 16.1 Å². The molecule has 2 N–H and O–H groups in total. The van der Waals surface area contributed by atoms with E-state index in [1.807, 2.05) is 18.2 Å². The summed E-state index contributed by atoms with van der Waals surface area (Å²) < 4.78 is 10.6. The molecule has 2 amide bonds. The molecule has 0 bridgehead atoms. The molecule has 1 heterocycles. The van der Waals surface area contributed by atoms with Gasteiger partial charge in [0, 0.05) is 17.3 Å². The molecule has 134 valence electrons. The van der Waals surface area contributed by atoms with Gasteiger partial charge in [0.05, 0.1) is 11.8 Å². The Morgan fingerprint density at radius 3 is 2.54 bits per heavy atom. The van der Waals surface area contributed by atoms with Gasteiger partial charge in [-0.2, -0.15) is 0 Å². The highest BCUT2D eigenvalue weighted by Crippen LogP contribution is 2.39. The second-order valence-electron chi connectivity index (χ2n) is 6.35. The molecule has 0 radical (unpaired) electrons. The van der Waals surface area contributed by atoms with Gasteiger partial charge in [0.1, 0.15) is 0 Å². The molecule has 1 saturated carbocycles. The van der Waals surface area contributed by atoms with Crippen LogP contribution in [0.2, 0.25) is 5.02 Å². The van der Waals surface area contributed by atoms with E-state index < -0.39 is 0 Å². The summed E-state index contributed by atoms with van der Waals surface area (Å²) in [5.41, 5.74) is 1.59. The van der Waals surface area contributed by atoms with Crippen LogP contribution < -0.4 is 20.1 Å². The summed E-state index contributed by atoms with van der Waals surface area (Å²) in [5.74, 6) is 0.567. The van der Waals surface area contributed by atoms with E-state index in [9.17, 15) is 9.59 Å². The van der Waals surface area contributed by atoms with Crippen LogP contribution in [0.4, 0.5) is 5.69 Å². The van der Waals surface area contributed by atoms with Crippen molar-refractivity contribution in [3.8, 4) is 11.5 Å². The van der Waals surface area contributed by atoms with Crippen molar-refractivity contribution in [3.63, 3.8) is 0 Å². The van der Waals surface area contributed by atoms with E-state index in [0.717, 1.165) is 5.56 Å². The predicted molar refractivity (Wildman–Crippen MR) is 96.1 cm³/mol. The van der Waals surface area contributed by atoms with E-state index in [1.165, 1.54) is 0 Å². The number of anilines is 1. The normalized spacial score (nSPS) is 19.7. The molecule has 26 heavy (non-hydrogen) atoms. The van der Waals surface area contributed by atoms with Crippen molar-refractivity contribution in [3.05, 3.63) is 53.1 Å². The Hall–Kier alpha value is -2.73. The first-order chi connectivity index (χ1) is 12.6. The summed E-state index contributed by atoms with van der Waals surface area (Å²) in [6.45, 7) is 0.606. The maximum absolute atomic E-state index is 12.3. The van der Waals surface area contributed by atoms with Gasteiger partial charge in [-0.15, -0.1) is 0 Å². The largest absolute Gasteiger partial charge is 0.454 e. The highest BCUT2D eigenvalue weighted by atomic mass is 35.5. The molecular weight excluding hydrogens is 356 g/mol. The standard InChI is InChI=1S/C19H17ClN2O4/c20-12-2-4-13(5-3-12)22-19(24)15-8-14(15)18(23)21-9-11-1-6-16-17(7-11)26-10-25-16/h1-7,14-15H,8-10H2,(H,21,23)(H,22,24). The number of ether oxygens (including phenoxy) is 2. The number of nitrogens with one attached hydrogen (secondary N) is 2. The molecule has 0 spiro atoms. The fourth-order valence-electron chi connectivity index (χ4n) is 2.91. The Bertz CT molecular complexity index is 853. The molecule has 2 aliphatic rings. The van der Waals surface area contributed by atoms with Crippen molar-refractivity contribution >= 4 is 29.1 Å². The van der Waals surface area contributed by atoms with Crippen LogP contribution in [-0.4, -0.2) is 18.6 Å². The average Bonchev–Trinajstić information content (AvgIpc) is 3.32. The van der Waals surface area contributed by atoms with Crippen LogP contribution in [0.15, 0.2) is 42.5 Å². The molecule has 2 aromatic rings. The summed E-state index contributed by atoms with van der Waals surface area (Å²) in [5, 5.41) is 6.29. The highest BCUT2D eigenvalue weighted by Gasteiger charge is 2.47. The lowest BCUT2D eigenvalue weighted by molar-refractivity contribution is -0.125. The number of rotatable bonds is 5. The van der Waals surface area contributed by atoms with Crippen LogP contribution in [0, 0.1) is 11.8 Å². The first-order valence-corrected chi connectivity index (χ1v) is 8.70. The smallest absolute Gasteiger partial charge is 0.231 e. The zero-order valence-corrected chi connectivity index (χ0v) is 14.6. The van der Waals surface area contributed by atoms with Gasteiger partial charge in [-0.05, 0) is 48.4 Å². The number of benzene rings is 2. The number of halogens is 1. The van der Waals surface area contributed by atoms with Crippen LogP contribution in [0.5, 0.6) is 11.5 Å². The quantitative estimate of drug-likeness (QED) is 0.846. The Kier molecular flexibility index (Phi) is 4.42. The number of fused-ring (bicyclic) bond motifs is 1. The predicted octanol–water partition coefficient (Wildman–Crippen LogP) is 2.96. The third-order valence-corrected chi connectivity index (χ3v) is 4.73. The van der Waals surface area contributed by atoms with Crippen LogP contribution in [0.3, 0.4) is 0 Å². The molecule has 2 atom stereocenters. The SMILES string of the molecule is O=C(NCc1ccc2c(c1)OCO2)C1CC1C(=O)Nc1ccc(Cl)cc1. The number of hydrogen-bond acceptors (Lipinski definition) is 4. The molecule has 0 aromatic heterocycles. The maximum atomic E-state index is 12.3. The molecular formula is C19H17ClN2O4. The molecule has 7 heteroatoms. The summed E-state index contributed by atoms with van der Waals surface area (Å²) in [6, 6.07) is 12.4. The first kappa shape index (κ1) is 16.7. The van der Waals surface area contributed by atoms with Crippen molar-refractivity contribution in [1.29, 1.82) is 0 Å². The van der Waals surface area contributed by atoms with Crippen molar-refractivity contribution in [2.24, 2.45) is 11.8 Å². The molecule has 6 nitrogen and oxygen atoms in total. The van der Waals surface area contributed by atoms with Gasteiger partial charge < -0.3 is 20.1 Å². The summed E-state index contributed by atoms with van der Waals surface area (Å²) in [4.78, 5) is 24.5. The minimum absolute atomic E-state index is 0.112. The summed E-state index contributed by atoms with van der Waals surface area (Å²) >= 11 is 5.82. The summed E-state index contributed by atoms with van der Waals surface area (Å²) in [7, 11) is 0. The lowest BCUT2D eigenvalue weighted by atomic mass is 10.2. The topological polar surface area (TPSA) is 76.7 Å². The first-order valence-electron chi connectivity index (χ1n) is 8.33. The van der Waals surface area contributed by atoms with Gasteiger partial charge in [-0.3, -0.25) is 9.59 Å². The molecule has 0 saturated heterocycles. The zero-order chi connectivity index (χ0) is 18.1. The van der Waals surface area contributed by atoms with Gasteiger partial charge in [0.15, 0.2) is 11.5 Å². The second-order valence-corrected chi connectivity index (χ2v) is 6.79. The number of carbonyl (C=O) groups excluding carboxylic acids is 2. The van der Waals surface area contributed by atoms with Crippen molar-refractivity contribution in [2.75, 3.05) is 12.1 Å². The number of amides is 2. The van der Waals surface area contributed by atoms with E-state index >= 15 is 0 Å². The fourth-order valence-corrected chi connectivity index (χ4v) is 3.04. The van der Waals surface area contributed by atoms with E-state index in [1.54, 1.807) is 24.3 Å². The van der Waals surface area contributed by atoms with E-state index in [-0.39, 0.29) is 30.4 Å². The molecule has 2 unspecified atom stereocenters. The van der Waals surface area contributed by atoms with Gasteiger partial charge in [0.2, 0.25) is 18.6 Å². The minimum atomic E-state index is -0.289. The Morgan fingerprint density at radius 2 is 1.73 bits per heavy atom. The third kappa shape index (κ3) is 3.60. The Morgan fingerprint density at radius 1 is 1.00 bits per heavy atom. The van der Waals surface area contributed by atoms with Gasteiger partial charge >= 0.3 is 0 Å². The van der Waals surface area contributed by atoms with Gasteiger partial charge in [-0.25, -0.2) is 0 Å². The van der Waals surface area contributed by atoms with Gasteiger partial charge in [-0.1, -0.05) is 17.7 Å². The summed E-state index contributed by atoms with van der Waals surface area (Å²) in [6.07, 6.45) is 0.562. The van der Waals surface area contributed by atoms with Crippen LogP contribution in [0.25, 0.3) is 0 Å². The van der Waals surface area contributed by atoms with E-state index in [0.29, 0.717) is 35.2 Å². The van der Waals surface area contributed by atoms with Crippen molar-refractivity contribution in [2.45, 2.75) is 13.0 Å². The van der Waals surface area contributed by atoms with Gasteiger partial charge in [0.25, 0.3) is 0 Å². The van der Waals surface area contributed by atoms with Crippen LogP contribution >= 0.6 is 11.6 Å². The van der Waals surface area contributed by atoms with Crippen molar-refractivity contribution in [1.82, 2.24) is 5.32 Å². The molecule has 1 fully saturated rings. The monoisotopic (exact) mass is 372 g/mol. The number of carbonyl (C=O) groups is 2. The molecule has 1 aliphatic heterocycles. The average molecular weight is 373 g/mol. The zero-order valence-electron chi connectivity index (χ0n) is 13.8. The molecule has 1 aliphatic carbocycles. The Labute approximate surface area is 155 Å². The second kappa shape index (κ2) is 6.88. The molecule has 4 rings (SSSR count). The lowest BCUT2D eigenvalue weighted by Crippen LogP contribution is -2.27. The van der Waals surface area contributed by atoms with E-state index in [4.69, 9.17) is 21.1 Å².